The molecule has 34 heavy (non-hydrogen) atoms. The van der Waals surface area contributed by atoms with Crippen molar-refractivity contribution in [2.45, 2.75) is 17.7 Å². The number of hydrogen-bond acceptors (Lipinski definition) is 5. The zero-order valence-electron chi connectivity index (χ0n) is 18.1. The minimum absolute atomic E-state index is 0.158. The lowest BCUT2D eigenvalue weighted by Gasteiger charge is -2.30. The molecule has 1 fully saturated rings. The van der Waals surface area contributed by atoms with Crippen molar-refractivity contribution in [1.29, 1.82) is 0 Å². The summed E-state index contributed by atoms with van der Waals surface area (Å²) in [7, 11) is -3.93. The number of halogens is 1. The first-order valence-corrected chi connectivity index (χ1v) is 12.4. The van der Waals surface area contributed by atoms with Crippen LogP contribution >= 0.6 is 0 Å². The fourth-order valence-electron chi connectivity index (χ4n) is 4.09. The molecule has 0 bridgehead atoms. The molecule has 0 atom stereocenters. The minimum Gasteiger partial charge on any atom is -0.436 e. The standard InChI is InChI=1S/C25H22FN3O4S/c26-20-5-1-4-8-23(20)34(31,32)29-15-13-17(14-16-29)24(30)27-19-11-9-18(10-12-19)25-28-21-6-2-3-7-22(21)33-25/h1-12,17H,13-16H2,(H,27,30). The van der Waals surface area contributed by atoms with E-state index in [1.165, 1.54) is 22.5 Å². The van der Waals surface area contributed by atoms with Crippen molar-refractivity contribution in [2.24, 2.45) is 5.92 Å². The molecule has 4 aromatic rings. The number of hydrogen-bond donors (Lipinski definition) is 1. The number of fused-ring (bicyclic) bond motifs is 1. The Morgan fingerprint density at radius 3 is 2.35 bits per heavy atom. The summed E-state index contributed by atoms with van der Waals surface area (Å²) in [6, 6.07) is 20.0. The molecule has 1 aliphatic heterocycles. The monoisotopic (exact) mass is 479 g/mol. The Morgan fingerprint density at radius 2 is 1.65 bits per heavy atom. The third-order valence-corrected chi connectivity index (χ3v) is 7.90. The van der Waals surface area contributed by atoms with Gasteiger partial charge in [-0.25, -0.2) is 17.8 Å². The molecule has 0 unspecified atom stereocenters. The second-order valence-corrected chi connectivity index (χ2v) is 10.1. The summed E-state index contributed by atoms with van der Waals surface area (Å²) in [4.78, 5) is 16.9. The topological polar surface area (TPSA) is 92.5 Å². The third kappa shape index (κ3) is 4.32. The van der Waals surface area contributed by atoms with Crippen molar-refractivity contribution >= 4 is 32.7 Å². The number of carbonyl (C=O) groups excluding carboxylic acids is 1. The van der Waals surface area contributed by atoms with Crippen LogP contribution in [0.2, 0.25) is 0 Å². The molecule has 9 heteroatoms. The molecule has 0 saturated carbocycles. The summed E-state index contributed by atoms with van der Waals surface area (Å²) in [6.45, 7) is 0.316. The number of para-hydroxylation sites is 2. The van der Waals surface area contributed by atoms with Crippen molar-refractivity contribution < 1.29 is 22.0 Å². The predicted molar refractivity (Wildman–Crippen MR) is 126 cm³/mol. The summed E-state index contributed by atoms with van der Waals surface area (Å²) >= 11 is 0. The molecule has 2 heterocycles. The molecule has 3 aromatic carbocycles. The predicted octanol–water partition coefficient (Wildman–Crippen LogP) is 4.67. The number of amides is 1. The molecule has 1 amide bonds. The molecule has 7 nitrogen and oxygen atoms in total. The summed E-state index contributed by atoms with van der Waals surface area (Å²) in [5.74, 6) is -0.771. The second kappa shape index (κ2) is 9.00. The van der Waals surface area contributed by atoms with E-state index in [2.05, 4.69) is 10.3 Å². The fourth-order valence-corrected chi connectivity index (χ4v) is 5.62. The number of benzene rings is 3. The van der Waals surface area contributed by atoms with Crippen LogP contribution < -0.4 is 5.32 Å². The number of rotatable bonds is 5. The zero-order valence-corrected chi connectivity index (χ0v) is 19.0. The van der Waals surface area contributed by atoms with Gasteiger partial charge in [0.2, 0.25) is 21.8 Å². The molecule has 174 valence electrons. The van der Waals surface area contributed by atoms with E-state index in [4.69, 9.17) is 4.42 Å². The van der Waals surface area contributed by atoms with E-state index in [0.717, 1.165) is 17.1 Å². The quantitative estimate of drug-likeness (QED) is 0.449. The molecule has 5 rings (SSSR count). The lowest BCUT2D eigenvalue weighted by Crippen LogP contribution is -2.41. The summed E-state index contributed by atoms with van der Waals surface area (Å²) in [5, 5.41) is 2.89. The molecule has 1 N–H and O–H groups in total. The van der Waals surface area contributed by atoms with Crippen molar-refractivity contribution in [3.05, 3.63) is 78.6 Å². The highest BCUT2D eigenvalue weighted by Crippen LogP contribution is 2.28. The SMILES string of the molecule is O=C(Nc1ccc(-c2nc3ccccc3o2)cc1)C1CCN(S(=O)(=O)c2ccccc2F)CC1. The van der Waals surface area contributed by atoms with E-state index in [9.17, 15) is 17.6 Å². The lowest BCUT2D eigenvalue weighted by atomic mass is 9.97. The van der Waals surface area contributed by atoms with Crippen molar-refractivity contribution in [3.8, 4) is 11.5 Å². The van der Waals surface area contributed by atoms with Gasteiger partial charge >= 0.3 is 0 Å². The Balaban J connectivity index is 1.20. The molecule has 0 spiro atoms. The van der Waals surface area contributed by atoms with Crippen LogP contribution in [0.15, 0.2) is 82.1 Å². The van der Waals surface area contributed by atoms with Crippen LogP contribution in [0, 0.1) is 11.7 Å². The van der Waals surface area contributed by atoms with E-state index in [1.54, 1.807) is 12.1 Å². The molecule has 1 saturated heterocycles. The van der Waals surface area contributed by atoms with E-state index in [-0.39, 0.29) is 29.8 Å². The van der Waals surface area contributed by atoms with E-state index < -0.39 is 15.8 Å². The van der Waals surface area contributed by atoms with Crippen LogP contribution in [0.25, 0.3) is 22.6 Å². The van der Waals surface area contributed by atoms with Crippen LogP contribution in [0.5, 0.6) is 0 Å². The van der Waals surface area contributed by atoms with Crippen molar-refractivity contribution in [3.63, 3.8) is 0 Å². The maximum Gasteiger partial charge on any atom is 0.245 e. The number of oxazole rings is 1. The number of anilines is 1. The van der Waals surface area contributed by atoms with Gasteiger partial charge in [0.15, 0.2) is 5.58 Å². The molecule has 0 radical (unpaired) electrons. The Bertz CT molecular complexity index is 1410. The Kier molecular flexibility index (Phi) is 5.89. The van der Waals surface area contributed by atoms with Crippen LogP contribution in [-0.4, -0.2) is 36.7 Å². The van der Waals surface area contributed by atoms with Gasteiger partial charge in [-0.2, -0.15) is 4.31 Å². The fraction of sp³-hybridized carbons (Fsp3) is 0.200. The van der Waals surface area contributed by atoms with E-state index in [0.29, 0.717) is 30.0 Å². The van der Waals surface area contributed by atoms with Gasteiger partial charge in [-0.15, -0.1) is 0 Å². The Labute approximate surface area is 196 Å². The molecular weight excluding hydrogens is 457 g/mol. The van der Waals surface area contributed by atoms with E-state index in [1.807, 2.05) is 36.4 Å². The van der Waals surface area contributed by atoms with Gasteiger partial charge in [0.05, 0.1) is 0 Å². The molecule has 1 aromatic heterocycles. The number of sulfonamides is 1. The first kappa shape index (κ1) is 22.2. The Morgan fingerprint density at radius 1 is 0.971 bits per heavy atom. The van der Waals surface area contributed by atoms with Gasteiger partial charge in [0, 0.05) is 30.3 Å². The smallest absolute Gasteiger partial charge is 0.245 e. The maximum absolute atomic E-state index is 14.0. The summed E-state index contributed by atoms with van der Waals surface area (Å²) in [5.41, 5.74) is 2.91. The van der Waals surface area contributed by atoms with E-state index >= 15 is 0 Å². The lowest BCUT2D eigenvalue weighted by molar-refractivity contribution is -0.120. The normalized spacial score (nSPS) is 15.4. The van der Waals surface area contributed by atoms with Gasteiger partial charge in [-0.05, 0) is 61.4 Å². The maximum atomic E-state index is 14.0. The van der Waals surface area contributed by atoms with Gasteiger partial charge in [-0.3, -0.25) is 4.79 Å². The molecular formula is C25H22FN3O4S. The largest absolute Gasteiger partial charge is 0.436 e. The average molecular weight is 480 g/mol. The second-order valence-electron chi connectivity index (χ2n) is 8.16. The average Bonchev–Trinajstić information content (AvgIpc) is 3.29. The highest BCUT2D eigenvalue weighted by Gasteiger charge is 2.33. The van der Waals surface area contributed by atoms with Gasteiger partial charge in [0.1, 0.15) is 16.2 Å². The zero-order chi connectivity index (χ0) is 23.7. The molecule has 1 aliphatic rings. The number of piperidine rings is 1. The van der Waals surface area contributed by atoms with Gasteiger partial charge in [-0.1, -0.05) is 24.3 Å². The number of nitrogens with one attached hydrogen (secondary N) is 1. The highest BCUT2D eigenvalue weighted by atomic mass is 32.2. The van der Waals surface area contributed by atoms with Gasteiger partial charge in [0.25, 0.3) is 0 Å². The third-order valence-electron chi connectivity index (χ3n) is 5.97. The van der Waals surface area contributed by atoms with Crippen molar-refractivity contribution in [1.82, 2.24) is 9.29 Å². The van der Waals surface area contributed by atoms with Crippen LogP contribution in [0.4, 0.5) is 10.1 Å². The number of aromatic nitrogens is 1. The number of carbonyl (C=O) groups is 1. The van der Waals surface area contributed by atoms with Crippen molar-refractivity contribution in [2.75, 3.05) is 18.4 Å². The summed E-state index contributed by atoms with van der Waals surface area (Å²) in [6.07, 6.45) is 0.723. The van der Waals surface area contributed by atoms with Crippen LogP contribution in [0.3, 0.4) is 0 Å². The Hall–Kier alpha value is -3.56. The highest BCUT2D eigenvalue weighted by molar-refractivity contribution is 7.89. The molecule has 0 aliphatic carbocycles. The van der Waals surface area contributed by atoms with Gasteiger partial charge < -0.3 is 9.73 Å². The van der Waals surface area contributed by atoms with Crippen LogP contribution in [0.1, 0.15) is 12.8 Å². The minimum atomic E-state index is -3.93. The first-order chi connectivity index (χ1) is 16.4. The summed E-state index contributed by atoms with van der Waals surface area (Å²) < 4.78 is 46.5. The first-order valence-electron chi connectivity index (χ1n) is 10.9. The number of nitrogens with zero attached hydrogens (tertiary/aromatic N) is 2. The van der Waals surface area contributed by atoms with Crippen LogP contribution in [-0.2, 0) is 14.8 Å².